The van der Waals surface area contributed by atoms with Crippen LogP contribution >= 0.6 is 0 Å². The second-order valence-corrected chi connectivity index (χ2v) is 4.74. The molecule has 0 fully saturated rings. The van der Waals surface area contributed by atoms with Gasteiger partial charge in [0.05, 0.1) is 0 Å². The van der Waals surface area contributed by atoms with E-state index in [-0.39, 0.29) is 11.7 Å². The fraction of sp³-hybridized carbons (Fsp3) is 0.125. The highest BCUT2D eigenvalue weighted by molar-refractivity contribution is 6.03. The number of phenols is 1. The summed E-state index contributed by atoms with van der Waals surface area (Å²) in [6.45, 7) is 0. The molecule has 1 unspecified atom stereocenters. The summed E-state index contributed by atoms with van der Waals surface area (Å²) >= 11 is 0. The van der Waals surface area contributed by atoms with E-state index >= 15 is 0 Å². The van der Waals surface area contributed by atoms with E-state index in [9.17, 15) is 9.90 Å². The number of aliphatic imine (C=N–C) groups is 1. The third-order valence-electron chi connectivity index (χ3n) is 3.28. The molecule has 1 atom stereocenters. The molecule has 1 aliphatic heterocycles. The van der Waals surface area contributed by atoms with Gasteiger partial charge in [0.25, 0.3) is 0 Å². The van der Waals surface area contributed by atoms with E-state index in [0.717, 1.165) is 16.8 Å². The molecule has 3 rings (SSSR count). The summed E-state index contributed by atoms with van der Waals surface area (Å²) in [5.41, 5.74) is 2.66. The molecule has 0 aromatic heterocycles. The molecule has 0 saturated heterocycles. The number of carbonyl (C=O) groups is 1. The monoisotopic (exact) mass is 266 g/mol. The van der Waals surface area contributed by atoms with Crippen molar-refractivity contribution in [2.75, 3.05) is 5.32 Å². The van der Waals surface area contributed by atoms with Crippen molar-refractivity contribution in [3.8, 4) is 5.75 Å². The number of benzodiazepines with no additional fused rings is 1. The highest BCUT2D eigenvalue weighted by atomic mass is 16.3. The van der Waals surface area contributed by atoms with Gasteiger partial charge in [0, 0.05) is 23.9 Å². The Morgan fingerprint density at radius 1 is 1.10 bits per heavy atom. The van der Waals surface area contributed by atoms with E-state index in [1.165, 1.54) is 0 Å². The van der Waals surface area contributed by atoms with E-state index in [4.69, 9.17) is 0 Å². The first-order chi connectivity index (χ1) is 9.72. The average Bonchev–Trinajstić information content (AvgIpc) is 2.61. The van der Waals surface area contributed by atoms with Crippen LogP contribution in [-0.4, -0.2) is 23.3 Å². The maximum atomic E-state index is 12.2. The number of aromatic hydroxyl groups is 1. The zero-order valence-electron chi connectivity index (χ0n) is 10.8. The van der Waals surface area contributed by atoms with Crippen LogP contribution in [0.5, 0.6) is 5.75 Å². The zero-order chi connectivity index (χ0) is 13.9. The molecule has 4 heteroatoms. The average molecular weight is 266 g/mol. The Morgan fingerprint density at radius 2 is 1.85 bits per heavy atom. The van der Waals surface area contributed by atoms with Gasteiger partial charge in [-0.3, -0.25) is 9.79 Å². The van der Waals surface area contributed by atoms with Gasteiger partial charge in [-0.05, 0) is 23.8 Å². The Hall–Kier alpha value is -2.62. The van der Waals surface area contributed by atoms with Crippen molar-refractivity contribution in [2.24, 2.45) is 4.99 Å². The number of fused-ring (bicyclic) bond motifs is 1. The molecule has 1 aliphatic rings. The molecular formula is C16H14N2O2. The van der Waals surface area contributed by atoms with Crippen LogP contribution in [0.15, 0.2) is 53.5 Å². The van der Waals surface area contributed by atoms with Gasteiger partial charge in [-0.1, -0.05) is 30.3 Å². The first-order valence-corrected chi connectivity index (χ1v) is 6.43. The molecule has 0 aliphatic carbocycles. The van der Waals surface area contributed by atoms with Crippen LogP contribution in [-0.2, 0) is 11.2 Å². The number of anilines is 1. The lowest BCUT2D eigenvalue weighted by Gasteiger charge is -2.11. The lowest BCUT2D eigenvalue weighted by Crippen LogP contribution is -2.27. The van der Waals surface area contributed by atoms with Crippen LogP contribution in [0.4, 0.5) is 5.69 Å². The summed E-state index contributed by atoms with van der Waals surface area (Å²) in [5.74, 6) is 0.106. The summed E-state index contributed by atoms with van der Waals surface area (Å²) in [6.07, 6.45) is 2.24. The SMILES string of the molecule is O=C1Nc2ccccc2C=NC1Cc1ccc(O)cc1. The largest absolute Gasteiger partial charge is 0.508 e. The molecule has 4 nitrogen and oxygen atoms in total. The predicted octanol–water partition coefficient (Wildman–Crippen LogP) is 2.37. The number of nitrogens with one attached hydrogen (secondary N) is 1. The smallest absolute Gasteiger partial charge is 0.249 e. The summed E-state index contributed by atoms with van der Waals surface area (Å²) < 4.78 is 0. The van der Waals surface area contributed by atoms with Gasteiger partial charge in [-0.25, -0.2) is 0 Å². The Labute approximate surface area is 116 Å². The van der Waals surface area contributed by atoms with Crippen molar-refractivity contribution in [3.05, 3.63) is 59.7 Å². The van der Waals surface area contributed by atoms with E-state index in [1.54, 1.807) is 30.5 Å². The molecule has 20 heavy (non-hydrogen) atoms. The summed E-state index contributed by atoms with van der Waals surface area (Å²) in [7, 11) is 0. The number of hydrogen-bond donors (Lipinski definition) is 2. The molecule has 2 aromatic rings. The van der Waals surface area contributed by atoms with Crippen molar-refractivity contribution in [1.82, 2.24) is 0 Å². The molecule has 0 bridgehead atoms. The summed E-state index contributed by atoms with van der Waals surface area (Å²) in [6, 6.07) is 14.0. The second kappa shape index (κ2) is 5.17. The molecular weight excluding hydrogens is 252 g/mol. The molecule has 0 radical (unpaired) electrons. The third-order valence-corrected chi connectivity index (χ3v) is 3.28. The normalized spacial score (nSPS) is 17.2. The van der Waals surface area contributed by atoms with Crippen LogP contribution in [0, 0.1) is 0 Å². The first kappa shape index (κ1) is 12.4. The van der Waals surface area contributed by atoms with Crippen LogP contribution in [0.25, 0.3) is 0 Å². The van der Waals surface area contributed by atoms with E-state index in [1.807, 2.05) is 24.3 Å². The number of nitrogens with zero attached hydrogens (tertiary/aromatic N) is 1. The van der Waals surface area contributed by atoms with Gasteiger partial charge in [0.2, 0.25) is 5.91 Å². The zero-order valence-corrected chi connectivity index (χ0v) is 10.8. The van der Waals surface area contributed by atoms with E-state index < -0.39 is 6.04 Å². The minimum atomic E-state index is -0.452. The summed E-state index contributed by atoms with van der Waals surface area (Å²) in [5, 5.41) is 12.2. The number of benzene rings is 2. The van der Waals surface area contributed by atoms with E-state index in [2.05, 4.69) is 10.3 Å². The lowest BCUT2D eigenvalue weighted by atomic mass is 10.1. The third kappa shape index (κ3) is 2.54. The van der Waals surface area contributed by atoms with Crippen LogP contribution < -0.4 is 5.32 Å². The van der Waals surface area contributed by atoms with Crippen LogP contribution in [0.3, 0.4) is 0 Å². The fourth-order valence-electron chi connectivity index (χ4n) is 2.18. The van der Waals surface area contributed by atoms with Gasteiger partial charge in [-0.2, -0.15) is 0 Å². The number of rotatable bonds is 2. The van der Waals surface area contributed by atoms with Gasteiger partial charge in [0.15, 0.2) is 0 Å². The van der Waals surface area contributed by atoms with Crippen molar-refractivity contribution >= 4 is 17.8 Å². The maximum absolute atomic E-state index is 12.2. The first-order valence-electron chi connectivity index (χ1n) is 6.43. The molecule has 100 valence electrons. The standard InChI is InChI=1S/C16H14N2O2/c19-13-7-5-11(6-8-13)9-15-16(20)18-14-4-2-1-3-12(14)10-17-15/h1-8,10,15,19H,9H2,(H,18,20). The summed E-state index contributed by atoms with van der Waals surface area (Å²) in [4.78, 5) is 16.5. The predicted molar refractivity (Wildman–Crippen MR) is 78.3 cm³/mol. The van der Waals surface area contributed by atoms with Crippen LogP contribution in [0.1, 0.15) is 11.1 Å². The molecule has 1 heterocycles. The highest BCUT2D eigenvalue weighted by Crippen LogP contribution is 2.19. The Balaban J connectivity index is 1.82. The minimum absolute atomic E-state index is 0.112. The molecule has 0 saturated carbocycles. The molecule has 0 spiro atoms. The van der Waals surface area contributed by atoms with Crippen LogP contribution in [0.2, 0.25) is 0 Å². The molecule has 2 aromatic carbocycles. The van der Waals surface area contributed by atoms with Gasteiger partial charge >= 0.3 is 0 Å². The number of carbonyl (C=O) groups excluding carboxylic acids is 1. The number of hydrogen-bond acceptors (Lipinski definition) is 3. The molecule has 2 N–H and O–H groups in total. The number of amides is 1. The number of para-hydroxylation sites is 1. The minimum Gasteiger partial charge on any atom is -0.508 e. The number of phenolic OH excluding ortho intramolecular Hbond substituents is 1. The Bertz CT molecular complexity index is 662. The van der Waals surface area contributed by atoms with Crippen molar-refractivity contribution < 1.29 is 9.90 Å². The Kier molecular flexibility index (Phi) is 3.21. The molecule has 1 amide bonds. The topological polar surface area (TPSA) is 61.7 Å². The fourth-order valence-corrected chi connectivity index (χ4v) is 2.18. The Morgan fingerprint density at radius 3 is 2.65 bits per heavy atom. The maximum Gasteiger partial charge on any atom is 0.249 e. The van der Waals surface area contributed by atoms with Crippen molar-refractivity contribution in [1.29, 1.82) is 0 Å². The van der Waals surface area contributed by atoms with Gasteiger partial charge in [0.1, 0.15) is 11.8 Å². The van der Waals surface area contributed by atoms with E-state index in [0.29, 0.717) is 6.42 Å². The van der Waals surface area contributed by atoms with Gasteiger partial charge < -0.3 is 10.4 Å². The van der Waals surface area contributed by atoms with Gasteiger partial charge in [-0.15, -0.1) is 0 Å². The quantitative estimate of drug-likeness (QED) is 0.876. The van der Waals surface area contributed by atoms with Crippen molar-refractivity contribution in [2.45, 2.75) is 12.5 Å². The van der Waals surface area contributed by atoms with Crippen molar-refractivity contribution in [3.63, 3.8) is 0 Å². The highest BCUT2D eigenvalue weighted by Gasteiger charge is 2.21. The second-order valence-electron chi connectivity index (χ2n) is 4.74. The lowest BCUT2D eigenvalue weighted by molar-refractivity contribution is -0.117.